The molecule has 0 amide bonds. The van der Waals surface area contributed by atoms with Crippen LogP contribution < -0.4 is 5.32 Å². The van der Waals surface area contributed by atoms with Crippen molar-refractivity contribution in [3.8, 4) is 0 Å². The molecular formula is C12H27N. The molecule has 1 N–H and O–H groups in total. The molecule has 13 heavy (non-hydrogen) atoms. The van der Waals surface area contributed by atoms with E-state index in [0.717, 1.165) is 12.0 Å². The second-order valence-electron chi connectivity index (χ2n) is 5.75. The summed E-state index contributed by atoms with van der Waals surface area (Å²) < 4.78 is 0. The highest BCUT2D eigenvalue weighted by atomic mass is 14.9. The zero-order valence-corrected chi connectivity index (χ0v) is 10.3. The van der Waals surface area contributed by atoms with Crippen molar-refractivity contribution in [3.05, 3.63) is 0 Å². The lowest BCUT2D eigenvalue weighted by molar-refractivity contribution is 0.295. The number of hydrogen-bond donors (Lipinski definition) is 1. The molecule has 1 rings (SSSR count). The van der Waals surface area contributed by atoms with Crippen LogP contribution in [0.1, 0.15) is 54.4 Å². The first-order chi connectivity index (χ1) is 5.84. The third kappa shape index (κ3) is 7.06. The Morgan fingerprint density at radius 1 is 1.15 bits per heavy atom. The second kappa shape index (κ2) is 5.64. The van der Waals surface area contributed by atoms with Crippen molar-refractivity contribution in [2.45, 2.75) is 60.4 Å². The lowest BCUT2D eigenvalue weighted by Crippen LogP contribution is -2.34. The summed E-state index contributed by atoms with van der Waals surface area (Å²) in [6.45, 7) is 14.6. The molecule has 0 aromatic rings. The maximum absolute atomic E-state index is 3.50. The molecule has 1 atom stereocenters. The summed E-state index contributed by atoms with van der Waals surface area (Å²) >= 11 is 0. The van der Waals surface area contributed by atoms with Gasteiger partial charge in [0.25, 0.3) is 0 Å². The Morgan fingerprint density at radius 2 is 1.62 bits per heavy atom. The Labute approximate surface area is 84.3 Å². The van der Waals surface area contributed by atoms with E-state index in [2.05, 4.69) is 46.9 Å². The molecule has 1 nitrogen and oxygen atoms in total. The second-order valence-corrected chi connectivity index (χ2v) is 5.75. The summed E-state index contributed by atoms with van der Waals surface area (Å²) in [4.78, 5) is 0. The Morgan fingerprint density at radius 3 is 1.77 bits per heavy atom. The fourth-order valence-electron chi connectivity index (χ4n) is 1.42. The minimum absolute atomic E-state index is 0.469. The first kappa shape index (κ1) is 13.0. The van der Waals surface area contributed by atoms with Gasteiger partial charge in [0.05, 0.1) is 0 Å². The smallest absolute Gasteiger partial charge is 0.0116 e. The van der Waals surface area contributed by atoms with Gasteiger partial charge in [-0.1, -0.05) is 41.5 Å². The van der Waals surface area contributed by atoms with Gasteiger partial charge in [-0.25, -0.2) is 0 Å². The fraction of sp³-hybridized carbons (Fsp3) is 1.00. The van der Waals surface area contributed by atoms with Gasteiger partial charge >= 0.3 is 0 Å². The van der Waals surface area contributed by atoms with E-state index in [9.17, 15) is 0 Å². The van der Waals surface area contributed by atoms with Gasteiger partial charge < -0.3 is 5.32 Å². The molecule has 1 aliphatic heterocycles. The van der Waals surface area contributed by atoms with E-state index in [4.69, 9.17) is 0 Å². The third-order valence-electron chi connectivity index (χ3n) is 2.11. The van der Waals surface area contributed by atoms with E-state index >= 15 is 0 Å². The highest BCUT2D eigenvalue weighted by Gasteiger charge is 2.26. The average molecular weight is 185 g/mol. The maximum Gasteiger partial charge on any atom is 0.0116 e. The zero-order chi connectivity index (χ0) is 10.5. The summed E-state index contributed by atoms with van der Waals surface area (Å²) in [6.07, 6.45) is 2.73. The molecule has 1 aliphatic rings. The van der Waals surface area contributed by atoms with E-state index in [1.807, 2.05) is 0 Å². The van der Waals surface area contributed by atoms with Crippen molar-refractivity contribution in [2.75, 3.05) is 6.54 Å². The van der Waals surface area contributed by atoms with E-state index in [1.165, 1.54) is 19.4 Å². The highest BCUT2D eigenvalue weighted by molar-refractivity contribution is 4.84. The lowest BCUT2D eigenvalue weighted by atomic mass is 9.86. The molecule has 80 valence electrons. The maximum atomic E-state index is 3.50. The van der Waals surface area contributed by atoms with Crippen LogP contribution in [0.5, 0.6) is 0 Å². The molecule has 1 unspecified atom stereocenters. The van der Waals surface area contributed by atoms with Gasteiger partial charge in [-0.2, -0.15) is 0 Å². The summed E-state index contributed by atoms with van der Waals surface area (Å²) in [7, 11) is 0. The van der Waals surface area contributed by atoms with E-state index in [0.29, 0.717) is 5.41 Å². The van der Waals surface area contributed by atoms with Crippen molar-refractivity contribution in [1.29, 1.82) is 0 Å². The molecule has 1 saturated heterocycles. The first-order valence-corrected chi connectivity index (χ1v) is 5.57. The van der Waals surface area contributed by atoms with Gasteiger partial charge in [-0.05, 0) is 30.7 Å². The summed E-state index contributed by atoms with van der Waals surface area (Å²) in [6, 6.07) is 0.762. The zero-order valence-electron chi connectivity index (χ0n) is 10.3. The molecule has 0 saturated carbocycles. The quantitative estimate of drug-likeness (QED) is 0.609. The van der Waals surface area contributed by atoms with Gasteiger partial charge in [0, 0.05) is 6.04 Å². The van der Waals surface area contributed by atoms with Gasteiger partial charge in [-0.3, -0.25) is 0 Å². The molecule has 0 aromatic heterocycles. The lowest BCUT2D eigenvalue weighted by Gasteiger charge is -2.26. The van der Waals surface area contributed by atoms with E-state index < -0.39 is 0 Å². The van der Waals surface area contributed by atoms with Crippen LogP contribution in [0.3, 0.4) is 0 Å². The van der Waals surface area contributed by atoms with Gasteiger partial charge in [-0.15, -0.1) is 0 Å². The predicted octanol–water partition coefficient (Wildman–Crippen LogP) is 3.45. The number of nitrogens with one attached hydrogen (secondary N) is 1. The molecule has 0 aromatic carbocycles. The molecule has 1 heteroatoms. The molecular weight excluding hydrogens is 158 g/mol. The predicted molar refractivity (Wildman–Crippen MR) is 61.0 cm³/mol. The highest BCUT2D eigenvalue weighted by Crippen LogP contribution is 2.25. The molecule has 0 aliphatic carbocycles. The summed E-state index contributed by atoms with van der Waals surface area (Å²) in [5.41, 5.74) is 0.469. The molecule has 1 fully saturated rings. The standard InChI is InChI=1S/C8H17N.C4H10/c1-8(2,3)7-5-4-6-9-7;1-4(2)3/h7,9H,4-6H2,1-3H3;4H,1-3H3. The van der Waals surface area contributed by atoms with Crippen LogP contribution in [0.2, 0.25) is 0 Å². The normalized spacial score (nSPS) is 22.8. The van der Waals surface area contributed by atoms with Gasteiger partial charge in [0.2, 0.25) is 0 Å². The largest absolute Gasteiger partial charge is 0.313 e. The van der Waals surface area contributed by atoms with Crippen molar-refractivity contribution >= 4 is 0 Å². The van der Waals surface area contributed by atoms with Crippen molar-refractivity contribution in [1.82, 2.24) is 5.32 Å². The van der Waals surface area contributed by atoms with Crippen molar-refractivity contribution in [3.63, 3.8) is 0 Å². The van der Waals surface area contributed by atoms with Crippen LogP contribution >= 0.6 is 0 Å². The minimum Gasteiger partial charge on any atom is -0.313 e. The Hall–Kier alpha value is -0.0400. The Kier molecular flexibility index (Phi) is 5.62. The monoisotopic (exact) mass is 185 g/mol. The van der Waals surface area contributed by atoms with Crippen LogP contribution in [0.4, 0.5) is 0 Å². The summed E-state index contributed by atoms with van der Waals surface area (Å²) in [5.74, 6) is 0.833. The van der Waals surface area contributed by atoms with Crippen LogP contribution in [0, 0.1) is 11.3 Å². The fourth-order valence-corrected chi connectivity index (χ4v) is 1.42. The third-order valence-corrected chi connectivity index (χ3v) is 2.11. The van der Waals surface area contributed by atoms with Gasteiger partial charge in [0.15, 0.2) is 0 Å². The number of rotatable bonds is 0. The summed E-state index contributed by atoms with van der Waals surface area (Å²) in [5, 5.41) is 3.50. The van der Waals surface area contributed by atoms with E-state index in [-0.39, 0.29) is 0 Å². The van der Waals surface area contributed by atoms with Crippen molar-refractivity contribution in [2.24, 2.45) is 11.3 Å². The SMILES string of the molecule is CC(C)(C)C1CCCN1.CC(C)C. The van der Waals surface area contributed by atoms with E-state index in [1.54, 1.807) is 0 Å². The first-order valence-electron chi connectivity index (χ1n) is 5.57. The molecule has 1 heterocycles. The van der Waals surface area contributed by atoms with Crippen LogP contribution in [0.25, 0.3) is 0 Å². The molecule has 0 spiro atoms. The topological polar surface area (TPSA) is 12.0 Å². The molecule has 0 radical (unpaired) electrons. The van der Waals surface area contributed by atoms with Crippen LogP contribution in [-0.4, -0.2) is 12.6 Å². The molecule has 0 bridgehead atoms. The average Bonchev–Trinajstić information content (AvgIpc) is 2.31. The Balaban J connectivity index is 0.000000310. The van der Waals surface area contributed by atoms with Crippen LogP contribution in [0.15, 0.2) is 0 Å². The minimum atomic E-state index is 0.469. The number of hydrogen-bond acceptors (Lipinski definition) is 1. The Bertz CT molecular complexity index is 113. The van der Waals surface area contributed by atoms with Crippen LogP contribution in [-0.2, 0) is 0 Å². The van der Waals surface area contributed by atoms with Crippen molar-refractivity contribution < 1.29 is 0 Å². The van der Waals surface area contributed by atoms with Gasteiger partial charge in [0.1, 0.15) is 0 Å².